The first kappa shape index (κ1) is 12.8. The highest BCUT2D eigenvalue weighted by atomic mass is 79.9. The molecular weight excluding hydrogens is 346 g/mol. The van der Waals surface area contributed by atoms with E-state index in [0.717, 1.165) is 27.0 Å². The predicted molar refractivity (Wildman–Crippen MR) is 83.7 cm³/mol. The number of fused-ring (bicyclic) bond motifs is 1. The first-order valence-electron chi connectivity index (χ1n) is 5.60. The van der Waals surface area contributed by atoms with E-state index in [1.807, 2.05) is 41.8 Å². The minimum Gasteiger partial charge on any atom is -0.329 e. The van der Waals surface area contributed by atoms with Crippen LogP contribution in [0.3, 0.4) is 0 Å². The summed E-state index contributed by atoms with van der Waals surface area (Å²) in [5.41, 5.74) is 3.44. The van der Waals surface area contributed by atoms with Crippen molar-refractivity contribution < 1.29 is 0 Å². The summed E-state index contributed by atoms with van der Waals surface area (Å²) in [6.07, 6.45) is 0. The molecule has 2 aromatic heterocycles. The van der Waals surface area contributed by atoms with Crippen LogP contribution in [0.1, 0.15) is 5.69 Å². The van der Waals surface area contributed by atoms with E-state index in [-0.39, 0.29) is 0 Å². The lowest BCUT2D eigenvalue weighted by Crippen LogP contribution is -1.97. The fraction of sp³-hybridized carbons (Fsp3) is 0.0769. The van der Waals surface area contributed by atoms with Crippen LogP contribution in [-0.2, 0) is 0 Å². The molecule has 0 saturated carbocycles. The Bertz CT molecular complexity index is 838. The number of nitrogens with one attached hydrogen (secondary N) is 1. The van der Waals surface area contributed by atoms with Crippen LogP contribution in [0.2, 0.25) is 5.02 Å². The molecule has 0 aliphatic carbocycles. The van der Waals surface area contributed by atoms with Gasteiger partial charge in [-0.05, 0) is 49.5 Å². The monoisotopic (exact) mass is 353 g/mol. The molecule has 0 radical (unpaired) electrons. The van der Waals surface area contributed by atoms with Crippen LogP contribution in [0.15, 0.2) is 34.8 Å². The van der Waals surface area contributed by atoms with Crippen LogP contribution in [0.5, 0.6) is 0 Å². The zero-order chi connectivity index (χ0) is 13.6. The van der Waals surface area contributed by atoms with Crippen molar-refractivity contribution in [1.82, 2.24) is 14.5 Å². The highest BCUT2D eigenvalue weighted by molar-refractivity contribution is 9.10. The Kier molecular flexibility index (Phi) is 3.20. The van der Waals surface area contributed by atoms with E-state index in [9.17, 15) is 0 Å². The van der Waals surface area contributed by atoms with Gasteiger partial charge in [0, 0.05) is 10.2 Å². The Morgan fingerprint density at radius 3 is 2.84 bits per heavy atom. The number of aromatic nitrogens is 3. The minimum atomic E-state index is 0.581. The molecule has 0 bridgehead atoms. The lowest BCUT2D eigenvalue weighted by Gasteiger charge is -2.07. The standard InChI is InChI=1S/C13H9BrClN3S/c1-7-2-4-10-12(16-7)18(13(19)17-10)11-5-3-8(14)6-9(11)15/h2-6H,1H3,(H,17,19). The van der Waals surface area contributed by atoms with Gasteiger partial charge in [0.15, 0.2) is 10.4 Å². The Balaban J connectivity index is 2.38. The lowest BCUT2D eigenvalue weighted by molar-refractivity contribution is 1.04. The van der Waals surface area contributed by atoms with Gasteiger partial charge in [-0.2, -0.15) is 0 Å². The number of imidazole rings is 1. The van der Waals surface area contributed by atoms with Gasteiger partial charge in [-0.25, -0.2) is 4.98 Å². The molecule has 1 aromatic carbocycles. The van der Waals surface area contributed by atoms with Crippen molar-refractivity contribution in [3.63, 3.8) is 0 Å². The zero-order valence-electron chi connectivity index (χ0n) is 9.95. The summed E-state index contributed by atoms with van der Waals surface area (Å²) in [4.78, 5) is 7.67. The van der Waals surface area contributed by atoms with Gasteiger partial charge in [0.25, 0.3) is 0 Å². The van der Waals surface area contributed by atoms with Crippen molar-refractivity contribution in [3.05, 3.63) is 50.3 Å². The van der Waals surface area contributed by atoms with Crippen LogP contribution < -0.4 is 0 Å². The van der Waals surface area contributed by atoms with Gasteiger partial charge >= 0.3 is 0 Å². The van der Waals surface area contributed by atoms with Crippen molar-refractivity contribution >= 4 is 50.9 Å². The molecule has 0 unspecified atom stereocenters. The van der Waals surface area contributed by atoms with Crippen LogP contribution in [0, 0.1) is 11.7 Å². The molecule has 3 rings (SSSR count). The molecule has 0 aliphatic heterocycles. The number of hydrogen-bond acceptors (Lipinski definition) is 2. The predicted octanol–water partition coefficient (Wildman–Crippen LogP) is 4.81. The zero-order valence-corrected chi connectivity index (χ0v) is 13.1. The van der Waals surface area contributed by atoms with Gasteiger partial charge in [0.2, 0.25) is 0 Å². The second-order valence-electron chi connectivity index (χ2n) is 4.19. The molecule has 1 N–H and O–H groups in total. The normalized spacial score (nSPS) is 11.1. The lowest BCUT2D eigenvalue weighted by atomic mass is 10.3. The third-order valence-corrected chi connectivity index (χ3v) is 3.90. The van der Waals surface area contributed by atoms with Crippen molar-refractivity contribution in [2.24, 2.45) is 0 Å². The van der Waals surface area contributed by atoms with Gasteiger partial charge in [0.1, 0.15) is 0 Å². The summed E-state index contributed by atoms with van der Waals surface area (Å²) in [5.74, 6) is 0. The molecule has 3 nitrogen and oxygen atoms in total. The third kappa shape index (κ3) is 2.22. The van der Waals surface area contributed by atoms with Crippen LogP contribution >= 0.6 is 39.7 Å². The van der Waals surface area contributed by atoms with Crippen molar-refractivity contribution in [2.45, 2.75) is 6.92 Å². The van der Waals surface area contributed by atoms with Gasteiger partial charge in [-0.3, -0.25) is 4.57 Å². The first-order valence-corrected chi connectivity index (χ1v) is 7.18. The average Bonchev–Trinajstić information content (AvgIpc) is 2.65. The van der Waals surface area contributed by atoms with Gasteiger partial charge < -0.3 is 4.98 Å². The average molecular weight is 355 g/mol. The SMILES string of the molecule is Cc1ccc2[nH]c(=S)n(-c3ccc(Br)cc3Cl)c2n1. The third-order valence-electron chi connectivity index (χ3n) is 2.82. The van der Waals surface area contributed by atoms with Crippen LogP contribution in [0.25, 0.3) is 16.9 Å². The fourth-order valence-electron chi connectivity index (χ4n) is 1.96. The Morgan fingerprint density at radius 1 is 1.32 bits per heavy atom. The molecule has 0 saturated heterocycles. The van der Waals surface area contributed by atoms with Crippen LogP contribution in [-0.4, -0.2) is 14.5 Å². The van der Waals surface area contributed by atoms with Crippen LogP contribution in [0.4, 0.5) is 0 Å². The maximum atomic E-state index is 6.29. The fourth-order valence-corrected chi connectivity index (χ4v) is 3.02. The number of aromatic amines is 1. The number of pyridine rings is 1. The first-order chi connectivity index (χ1) is 9.06. The highest BCUT2D eigenvalue weighted by Crippen LogP contribution is 2.27. The molecular formula is C13H9BrClN3S. The Hall–Kier alpha value is -1.17. The molecule has 0 spiro atoms. The van der Waals surface area contributed by atoms with E-state index >= 15 is 0 Å². The summed E-state index contributed by atoms with van der Waals surface area (Å²) in [5, 5.41) is 0.620. The second kappa shape index (κ2) is 4.74. The topological polar surface area (TPSA) is 33.6 Å². The van der Waals surface area contributed by atoms with E-state index in [2.05, 4.69) is 25.9 Å². The number of rotatable bonds is 1. The maximum absolute atomic E-state index is 6.29. The number of H-pyrrole nitrogens is 1. The summed E-state index contributed by atoms with van der Waals surface area (Å²) in [6, 6.07) is 9.60. The molecule has 0 aliphatic rings. The minimum absolute atomic E-state index is 0.581. The highest BCUT2D eigenvalue weighted by Gasteiger charge is 2.11. The van der Waals surface area contributed by atoms with E-state index in [1.54, 1.807) is 0 Å². The number of benzene rings is 1. The number of nitrogens with zero attached hydrogens (tertiary/aromatic N) is 2. The molecule has 96 valence electrons. The largest absolute Gasteiger partial charge is 0.329 e. The second-order valence-corrected chi connectivity index (χ2v) is 5.89. The Morgan fingerprint density at radius 2 is 2.11 bits per heavy atom. The smallest absolute Gasteiger partial charge is 0.184 e. The molecule has 19 heavy (non-hydrogen) atoms. The van der Waals surface area contributed by atoms with E-state index < -0.39 is 0 Å². The van der Waals surface area contributed by atoms with E-state index in [4.69, 9.17) is 23.8 Å². The quantitative estimate of drug-likeness (QED) is 0.636. The van der Waals surface area contributed by atoms with Gasteiger partial charge in [-0.15, -0.1) is 0 Å². The van der Waals surface area contributed by atoms with E-state index in [0.29, 0.717) is 9.79 Å². The molecule has 6 heteroatoms. The van der Waals surface area contributed by atoms with E-state index in [1.165, 1.54) is 0 Å². The molecule has 3 aromatic rings. The van der Waals surface area contributed by atoms with Crippen molar-refractivity contribution in [1.29, 1.82) is 0 Å². The molecule has 2 heterocycles. The number of aryl methyl sites for hydroxylation is 1. The maximum Gasteiger partial charge on any atom is 0.184 e. The van der Waals surface area contributed by atoms with Gasteiger partial charge in [-0.1, -0.05) is 27.5 Å². The number of hydrogen-bond donors (Lipinski definition) is 1. The van der Waals surface area contributed by atoms with Gasteiger partial charge in [0.05, 0.1) is 16.2 Å². The Labute approximate surface area is 128 Å². The number of halogens is 2. The van der Waals surface area contributed by atoms with Crippen molar-refractivity contribution in [2.75, 3.05) is 0 Å². The molecule has 0 amide bonds. The summed E-state index contributed by atoms with van der Waals surface area (Å²) >= 11 is 15.1. The molecule has 0 fully saturated rings. The van der Waals surface area contributed by atoms with Crippen molar-refractivity contribution in [3.8, 4) is 5.69 Å². The summed E-state index contributed by atoms with van der Waals surface area (Å²) in [7, 11) is 0. The summed E-state index contributed by atoms with van der Waals surface area (Å²) < 4.78 is 3.36. The molecule has 0 atom stereocenters. The summed E-state index contributed by atoms with van der Waals surface area (Å²) in [6.45, 7) is 1.95.